The number of carboxylic acids is 1. The first-order chi connectivity index (χ1) is 7.06. The van der Waals surface area contributed by atoms with Gasteiger partial charge in [0.25, 0.3) is 0 Å². The van der Waals surface area contributed by atoms with Gasteiger partial charge in [0, 0.05) is 6.54 Å². The molecule has 0 aromatic rings. The van der Waals surface area contributed by atoms with Crippen LogP contribution in [0.2, 0.25) is 0 Å². The molecule has 0 unspecified atom stereocenters. The monoisotopic (exact) mass is 217 g/mol. The maximum Gasteiger partial charge on any atom is 0.321 e. The van der Waals surface area contributed by atoms with E-state index in [2.05, 4.69) is 10.6 Å². The average molecular weight is 217 g/mol. The summed E-state index contributed by atoms with van der Waals surface area (Å²) in [6.45, 7) is 1.86. The van der Waals surface area contributed by atoms with Crippen LogP contribution in [0.25, 0.3) is 0 Å². The van der Waals surface area contributed by atoms with Crippen LogP contribution in [-0.2, 0) is 9.59 Å². The first kappa shape index (κ1) is 13.4. The fourth-order valence-corrected chi connectivity index (χ4v) is 0.737. The molecule has 15 heavy (non-hydrogen) atoms. The summed E-state index contributed by atoms with van der Waals surface area (Å²) >= 11 is 0. The predicted molar refractivity (Wildman–Crippen MR) is 52.3 cm³/mol. The van der Waals surface area contributed by atoms with Gasteiger partial charge in [0.1, 0.15) is 0 Å². The van der Waals surface area contributed by atoms with Crippen LogP contribution in [-0.4, -0.2) is 42.6 Å². The molecule has 0 bridgehead atoms. The molecule has 0 radical (unpaired) electrons. The van der Waals surface area contributed by atoms with Crippen molar-refractivity contribution in [2.45, 2.75) is 13.3 Å². The SMILES string of the molecule is CCCNC(=O)NC(=O)CNCC(=O)O. The van der Waals surface area contributed by atoms with Crippen LogP contribution < -0.4 is 16.0 Å². The van der Waals surface area contributed by atoms with Crippen LogP contribution in [0.4, 0.5) is 4.79 Å². The number of aliphatic carboxylic acids is 1. The van der Waals surface area contributed by atoms with Gasteiger partial charge in [0.2, 0.25) is 5.91 Å². The Morgan fingerprint density at radius 1 is 1.20 bits per heavy atom. The van der Waals surface area contributed by atoms with Crippen molar-refractivity contribution in [2.24, 2.45) is 0 Å². The Bertz CT molecular complexity index is 242. The van der Waals surface area contributed by atoms with Gasteiger partial charge in [-0.05, 0) is 6.42 Å². The molecule has 0 aliphatic heterocycles. The molecule has 0 saturated carbocycles. The molecule has 3 amide bonds. The molecule has 0 aromatic heterocycles. The van der Waals surface area contributed by atoms with Crippen LogP contribution in [0, 0.1) is 0 Å². The summed E-state index contributed by atoms with van der Waals surface area (Å²) in [5.74, 6) is -1.62. The summed E-state index contributed by atoms with van der Waals surface area (Å²) < 4.78 is 0. The maximum absolute atomic E-state index is 11.0. The smallest absolute Gasteiger partial charge is 0.321 e. The lowest BCUT2D eigenvalue weighted by atomic mass is 10.5. The average Bonchev–Trinajstić information content (AvgIpc) is 2.14. The van der Waals surface area contributed by atoms with Crippen LogP contribution in [0.1, 0.15) is 13.3 Å². The zero-order valence-corrected chi connectivity index (χ0v) is 8.50. The van der Waals surface area contributed by atoms with E-state index in [1.165, 1.54) is 0 Å². The zero-order valence-electron chi connectivity index (χ0n) is 8.50. The van der Waals surface area contributed by atoms with E-state index < -0.39 is 17.9 Å². The van der Waals surface area contributed by atoms with Gasteiger partial charge in [0.15, 0.2) is 0 Å². The van der Waals surface area contributed by atoms with E-state index in [4.69, 9.17) is 5.11 Å². The molecule has 0 spiro atoms. The second kappa shape index (κ2) is 7.74. The largest absolute Gasteiger partial charge is 0.480 e. The van der Waals surface area contributed by atoms with Gasteiger partial charge < -0.3 is 10.4 Å². The van der Waals surface area contributed by atoms with Gasteiger partial charge in [-0.25, -0.2) is 4.79 Å². The molecule has 0 fully saturated rings. The first-order valence-corrected chi connectivity index (χ1v) is 4.56. The number of urea groups is 1. The lowest BCUT2D eigenvalue weighted by Crippen LogP contribution is -2.44. The van der Waals surface area contributed by atoms with Gasteiger partial charge in [-0.3, -0.25) is 20.2 Å². The summed E-state index contributed by atoms with van der Waals surface area (Å²) in [4.78, 5) is 32.0. The minimum absolute atomic E-state index is 0.203. The van der Waals surface area contributed by atoms with Gasteiger partial charge >= 0.3 is 12.0 Å². The molecule has 0 aliphatic rings. The van der Waals surface area contributed by atoms with E-state index >= 15 is 0 Å². The number of nitrogens with one attached hydrogen (secondary N) is 3. The number of carbonyl (C=O) groups is 3. The summed E-state index contributed by atoms with van der Waals surface area (Å²) in [5.41, 5.74) is 0. The topological polar surface area (TPSA) is 108 Å². The highest BCUT2D eigenvalue weighted by atomic mass is 16.4. The number of hydrogen-bond donors (Lipinski definition) is 4. The first-order valence-electron chi connectivity index (χ1n) is 4.56. The summed E-state index contributed by atoms with van der Waals surface area (Å²) in [5, 5.41) is 15.1. The lowest BCUT2D eigenvalue weighted by Gasteiger charge is -2.05. The Morgan fingerprint density at radius 3 is 2.40 bits per heavy atom. The molecule has 0 aliphatic carbocycles. The second-order valence-electron chi connectivity index (χ2n) is 2.80. The van der Waals surface area contributed by atoms with Crippen molar-refractivity contribution in [3.05, 3.63) is 0 Å². The minimum Gasteiger partial charge on any atom is -0.480 e. The highest BCUT2D eigenvalue weighted by molar-refractivity contribution is 5.95. The summed E-state index contributed by atoms with van der Waals surface area (Å²) in [7, 11) is 0. The van der Waals surface area contributed by atoms with E-state index in [0.29, 0.717) is 6.54 Å². The normalized spacial score (nSPS) is 9.40. The van der Waals surface area contributed by atoms with Crippen molar-refractivity contribution >= 4 is 17.9 Å². The molecular formula is C8H15N3O4. The third kappa shape index (κ3) is 8.69. The van der Waals surface area contributed by atoms with Crippen molar-refractivity contribution in [3.63, 3.8) is 0 Å². The van der Waals surface area contributed by atoms with Crippen molar-refractivity contribution in [2.75, 3.05) is 19.6 Å². The highest BCUT2D eigenvalue weighted by Crippen LogP contribution is 1.72. The lowest BCUT2D eigenvalue weighted by molar-refractivity contribution is -0.135. The van der Waals surface area contributed by atoms with E-state index in [-0.39, 0.29) is 13.1 Å². The van der Waals surface area contributed by atoms with E-state index in [1.54, 1.807) is 0 Å². The highest BCUT2D eigenvalue weighted by Gasteiger charge is 2.06. The number of amides is 3. The van der Waals surface area contributed by atoms with Gasteiger partial charge in [-0.15, -0.1) is 0 Å². The summed E-state index contributed by atoms with van der Waals surface area (Å²) in [6.07, 6.45) is 0.777. The molecule has 0 atom stereocenters. The Balaban J connectivity index is 3.55. The molecule has 7 heteroatoms. The van der Waals surface area contributed by atoms with Crippen molar-refractivity contribution in [1.82, 2.24) is 16.0 Å². The fourth-order valence-electron chi connectivity index (χ4n) is 0.737. The van der Waals surface area contributed by atoms with Crippen LogP contribution in [0.3, 0.4) is 0 Å². The molecular weight excluding hydrogens is 202 g/mol. The number of hydrogen-bond acceptors (Lipinski definition) is 4. The van der Waals surface area contributed by atoms with Gasteiger partial charge in [-0.2, -0.15) is 0 Å². The Morgan fingerprint density at radius 2 is 1.87 bits per heavy atom. The molecule has 0 rings (SSSR count). The third-order valence-corrected chi connectivity index (χ3v) is 1.35. The molecule has 86 valence electrons. The second-order valence-corrected chi connectivity index (χ2v) is 2.80. The van der Waals surface area contributed by atoms with Gasteiger partial charge in [0.05, 0.1) is 13.1 Å². The Labute approximate surface area is 87.2 Å². The summed E-state index contributed by atoms with van der Waals surface area (Å²) in [6, 6.07) is -0.570. The van der Waals surface area contributed by atoms with Crippen molar-refractivity contribution < 1.29 is 19.5 Å². The number of imide groups is 1. The number of rotatable bonds is 6. The number of carbonyl (C=O) groups excluding carboxylic acids is 2. The minimum atomic E-state index is -1.06. The number of carboxylic acid groups (broad SMARTS) is 1. The third-order valence-electron chi connectivity index (χ3n) is 1.35. The zero-order chi connectivity index (χ0) is 11.7. The van der Waals surface area contributed by atoms with Crippen LogP contribution in [0.5, 0.6) is 0 Å². The van der Waals surface area contributed by atoms with Crippen molar-refractivity contribution in [1.29, 1.82) is 0 Å². The van der Waals surface area contributed by atoms with Gasteiger partial charge in [-0.1, -0.05) is 6.92 Å². The van der Waals surface area contributed by atoms with Crippen LogP contribution >= 0.6 is 0 Å². The predicted octanol–water partition coefficient (Wildman–Crippen LogP) is -1.10. The van der Waals surface area contributed by atoms with Crippen molar-refractivity contribution in [3.8, 4) is 0 Å². The van der Waals surface area contributed by atoms with E-state index in [9.17, 15) is 14.4 Å². The molecule has 4 N–H and O–H groups in total. The Hall–Kier alpha value is -1.63. The molecule has 0 aromatic carbocycles. The van der Waals surface area contributed by atoms with E-state index in [0.717, 1.165) is 6.42 Å². The molecule has 7 nitrogen and oxygen atoms in total. The quantitative estimate of drug-likeness (QED) is 0.451. The molecule has 0 heterocycles. The van der Waals surface area contributed by atoms with Crippen LogP contribution in [0.15, 0.2) is 0 Å². The standard InChI is InChI=1S/C8H15N3O4/c1-2-3-10-8(15)11-6(12)4-9-5-7(13)14/h9H,2-5H2,1H3,(H,13,14)(H2,10,11,12,15). The fraction of sp³-hybridized carbons (Fsp3) is 0.625. The Kier molecular flexibility index (Phi) is 6.90. The maximum atomic E-state index is 11.0. The molecule has 0 saturated heterocycles. The van der Waals surface area contributed by atoms with E-state index in [1.807, 2.05) is 12.2 Å².